The van der Waals surface area contributed by atoms with Gasteiger partial charge < -0.3 is 9.47 Å². The van der Waals surface area contributed by atoms with Gasteiger partial charge in [0.05, 0.1) is 19.6 Å². The summed E-state index contributed by atoms with van der Waals surface area (Å²) >= 11 is 3.38. The average Bonchev–Trinajstić information content (AvgIpc) is 2.45. The summed E-state index contributed by atoms with van der Waals surface area (Å²) in [6, 6.07) is 0. The number of hydrogen-bond acceptors (Lipinski definition) is 3. The molecule has 0 bridgehead atoms. The van der Waals surface area contributed by atoms with Crippen LogP contribution in [0.5, 0.6) is 0 Å². The molecule has 3 nitrogen and oxygen atoms in total. The molecule has 0 radical (unpaired) electrons. The fraction of sp³-hybridized carbons (Fsp3) is 0.938. The van der Waals surface area contributed by atoms with Crippen LogP contribution < -0.4 is 0 Å². The zero-order valence-electron chi connectivity index (χ0n) is 13.0. The molecule has 0 aromatic rings. The molecule has 0 heterocycles. The Hall–Kier alpha value is -0.0900. The molecule has 0 saturated heterocycles. The van der Waals surface area contributed by atoms with Crippen LogP contribution in [0.2, 0.25) is 0 Å². The SMILES string of the molecule is CCCCCCCCOCCC(=O)OCCCCCBr. The summed E-state index contributed by atoms with van der Waals surface area (Å²) in [5, 5.41) is 1.02. The molecule has 0 spiro atoms. The Bertz CT molecular complexity index is 210. The summed E-state index contributed by atoms with van der Waals surface area (Å²) in [6.45, 7) is 4.03. The van der Waals surface area contributed by atoms with Crippen LogP contribution in [0, 0.1) is 0 Å². The van der Waals surface area contributed by atoms with Crippen LogP contribution in [0.25, 0.3) is 0 Å². The van der Waals surface area contributed by atoms with E-state index in [1.54, 1.807) is 0 Å². The molecule has 120 valence electrons. The van der Waals surface area contributed by atoms with Crippen molar-refractivity contribution in [3.8, 4) is 0 Å². The number of esters is 1. The number of hydrogen-bond donors (Lipinski definition) is 0. The minimum Gasteiger partial charge on any atom is -0.466 e. The van der Waals surface area contributed by atoms with Gasteiger partial charge in [-0.1, -0.05) is 55.0 Å². The number of carbonyl (C=O) groups excluding carboxylic acids is 1. The van der Waals surface area contributed by atoms with Crippen molar-refractivity contribution in [2.24, 2.45) is 0 Å². The van der Waals surface area contributed by atoms with E-state index in [-0.39, 0.29) is 5.97 Å². The highest BCUT2D eigenvalue weighted by atomic mass is 79.9. The normalized spacial score (nSPS) is 10.7. The smallest absolute Gasteiger partial charge is 0.308 e. The molecule has 0 amide bonds. The molecule has 0 saturated carbocycles. The molecule has 0 aliphatic carbocycles. The Balaban J connectivity index is 3.11. The number of rotatable bonds is 15. The van der Waals surface area contributed by atoms with Crippen molar-refractivity contribution in [3.05, 3.63) is 0 Å². The van der Waals surface area contributed by atoms with Gasteiger partial charge in [0.15, 0.2) is 0 Å². The fourth-order valence-corrected chi connectivity index (χ4v) is 2.27. The molecule has 0 aromatic heterocycles. The maximum atomic E-state index is 11.4. The largest absolute Gasteiger partial charge is 0.466 e. The van der Waals surface area contributed by atoms with Gasteiger partial charge in [-0.25, -0.2) is 0 Å². The minimum atomic E-state index is -0.133. The molecule has 4 heteroatoms. The lowest BCUT2D eigenvalue weighted by molar-refractivity contribution is -0.145. The van der Waals surface area contributed by atoms with Crippen molar-refractivity contribution in [3.63, 3.8) is 0 Å². The molecular formula is C16H31BrO3. The van der Waals surface area contributed by atoms with Crippen LogP contribution in [0.4, 0.5) is 0 Å². The van der Waals surface area contributed by atoms with E-state index in [0.29, 0.717) is 19.6 Å². The zero-order valence-corrected chi connectivity index (χ0v) is 14.6. The van der Waals surface area contributed by atoms with Crippen LogP contribution in [0.3, 0.4) is 0 Å². The first-order valence-corrected chi connectivity index (χ1v) is 9.22. The predicted molar refractivity (Wildman–Crippen MR) is 87.4 cm³/mol. The molecule has 0 unspecified atom stereocenters. The summed E-state index contributed by atoms with van der Waals surface area (Å²) in [7, 11) is 0. The van der Waals surface area contributed by atoms with Crippen LogP contribution in [0.1, 0.15) is 71.1 Å². The first kappa shape index (κ1) is 19.9. The molecule has 0 atom stereocenters. The monoisotopic (exact) mass is 350 g/mol. The Morgan fingerprint density at radius 2 is 1.50 bits per heavy atom. The van der Waals surface area contributed by atoms with Crippen molar-refractivity contribution in [2.45, 2.75) is 71.1 Å². The summed E-state index contributed by atoms with van der Waals surface area (Å²) < 4.78 is 10.6. The molecule has 20 heavy (non-hydrogen) atoms. The van der Waals surface area contributed by atoms with Crippen molar-refractivity contribution < 1.29 is 14.3 Å². The standard InChI is InChI=1S/C16H31BrO3/c1-2-3-4-5-6-9-13-19-15-11-16(18)20-14-10-7-8-12-17/h2-15H2,1H3. The third kappa shape index (κ3) is 16.0. The Labute approximate surface area is 132 Å². The maximum absolute atomic E-state index is 11.4. The third-order valence-corrected chi connectivity index (χ3v) is 3.69. The average molecular weight is 351 g/mol. The molecule has 0 aliphatic rings. The van der Waals surface area contributed by atoms with Gasteiger partial charge in [-0.2, -0.15) is 0 Å². The Morgan fingerprint density at radius 1 is 0.850 bits per heavy atom. The van der Waals surface area contributed by atoms with Crippen molar-refractivity contribution in [1.29, 1.82) is 0 Å². The number of ether oxygens (including phenoxy) is 2. The summed E-state index contributed by atoms with van der Waals surface area (Å²) in [6.07, 6.45) is 11.2. The van der Waals surface area contributed by atoms with Gasteiger partial charge in [0.2, 0.25) is 0 Å². The number of carbonyl (C=O) groups is 1. The summed E-state index contributed by atoms with van der Waals surface area (Å²) in [5.41, 5.74) is 0. The van der Waals surface area contributed by atoms with Crippen LogP contribution >= 0.6 is 15.9 Å². The van der Waals surface area contributed by atoms with E-state index < -0.39 is 0 Å². The molecule has 0 rings (SSSR count). The lowest BCUT2D eigenvalue weighted by Gasteiger charge is -2.06. The molecule has 0 aromatic carbocycles. The van der Waals surface area contributed by atoms with Gasteiger partial charge >= 0.3 is 5.97 Å². The quantitative estimate of drug-likeness (QED) is 0.240. The second kappa shape index (κ2) is 17.0. The molecule has 0 N–H and O–H groups in total. The lowest BCUT2D eigenvalue weighted by Crippen LogP contribution is -2.10. The number of alkyl halides is 1. The van der Waals surface area contributed by atoms with Gasteiger partial charge in [-0.3, -0.25) is 4.79 Å². The summed E-state index contributed by atoms with van der Waals surface area (Å²) in [4.78, 5) is 11.4. The van der Waals surface area contributed by atoms with E-state index in [2.05, 4.69) is 22.9 Å². The van der Waals surface area contributed by atoms with E-state index >= 15 is 0 Å². The highest BCUT2D eigenvalue weighted by Gasteiger charge is 2.02. The van der Waals surface area contributed by atoms with Gasteiger partial charge in [0.25, 0.3) is 0 Å². The maximum Gasteiger partial charge on any atom is 0.308 e. The van der Waals surface area contributed by atoms with Gasteiger partial charge in [0, 0.05) is 11.9 Å². The van der Waals surface area contributed by atoms with E-state index in [9.17, 15) is 4.79 Å². The Kier molecular flexibility index (Phi) is 16.9. The third-order valence-electron chi connectivity index (χ3n) is 3.13. The van der Waals surface area contributed by atoms with E-state index in [1.807, 2.05) is 0 Å². The Morgan fingerprint density at radius 3 is 2.25 bits per heavy atom. The van der Waals surface area contributed by atoms with E-state index in [4.69, 9.17) is 9.47 Å². The van der Waals surface area contributed by atoms with Crippen molar-refractivity contribution in [2.75, 3.05) is 25.2 Å². The number of unbranched alkanes of at least 4 members (excludes halogenated alkanes) is 7. The predicted octanol–water partition coefficient (Wildman–Crippen LogP) is 4.86. The van der Waals surface area contributed by atoms with Crippen LogP contribution in [-0.4, -0.2) is 31.1 Å². The highest BCUT2D eigenvalue weighted by molar-refractivity contribution is 9.09. The first-order valence-electron chi connectivity index (χ1n) is 8.10. The fourth-order valence-electron chi connectivity index (χ4n) is 1.87. The van der Waals surface area contributed by atoms with Gasteiger partial charge in [0.1, 0.15) is 0 Å². The second-order valence-electron chi connectivity index (χ2n) is 5.10. The first-order chi connectivity index (χ1) is 9.81. The second-order valence-corrected chi connectivity index (χ2v) is 5.89. The zero-order chi connectivity index (χ0) is 14.9. The van der Waals surface area contributed by atoms with E-state index in [0.717, 1.165) is 37.6 Å². The summed E-state index contributed by atoms with van der Waals surface area (Å²) in [5.74, 6) is -0.133. The van der Waals surface area contributed by atoms with Gasteiger partial charge in [-0.05, 0) is 25.7 Å². The minimum absolute atomic E-state index is 0.133. The molecule has 0 aliphatic heterocycles. The van der Waals surface area contributed by atoms with Crippen LogP contribution in [0.15, 0.2) is 0 Å². The van der Waals surface area contributed by atoms with Gasteiger partial charge in [-0.15, -0.1) is 0 Å². The van der Waals surface area contributed by atoms with E-state index in [1.165, 1.54) is 32.1 Å². The topological polar surface area (TPSA) is 35.5 Å². The highest BCUT2D eigenvalue weighted by Crippen LogP contribution is 2.05. The van der Waals surface area contributed by atoms with Crippen molar-refractivity contribution >= 4 is 21.9 Å². The molecule has 0 fully saturated rings. The van der Waals surface area contributed by atoms with Crippen LogP contribution in [-0.2, 0) is 14.3 Å². The lowest BCUT2D eigenvalue weighted by atomic mass is 10.1. The number of halogens is 1. The molecular weight excluding hydrogens is 320 g/mol. The van der Waals surface area contributed by atoms with Crippen molar-refractivity contribution in [1.82, 2.24) is 0 Å².